The van der Waals surface area contributed by atoms with Gasteiger partial charge in [0.1, 0.15) is 5.82 Å². The van der Waals surface area contributed by atoms with Crippen LogP contribution in [0.2, 0.25) is 0 Å². The fraction of sp³-hybridized carbons (Fsp3) is 0.556. The van der Waals surface area contributed by atoms with Gasteiger partial charge in [0.05, 0.1) is 11.7 Å². The molecule has 1 aliphatic heterocycles. The van der Waals surface area contributed by atoms with Crippen LogP contribution in [0.15, 0.2) is 24.2 Å². The molecule has 0 spiro atoms. The summed E-state index contributed by atoms with van der Waals surface area (Å²) in [7, 11) is 0. The molecule has 4 heteroatoms. The van der Waals surface area contributed by atoms with E-state index in [0.29, 0.717) is 12.6 Å². The number of rotatable bonds is 4. The third-order valence-corrected chi connectivity index (χ3v) is 2.00. The van der Waals surface area contributed by atoms with E-state index in [4.69, 9.17) is 5.73 Å². The number of hydrogen-bond acceptors (Lipinski definition) is 4. The second-order valence-corrected chi connectivity index (χ2v) is 2.98. The molecule has 0 amide bonds. The van der Waals surface area contributed by atoms with E-state index in [-0.39, 0.29) is 0 Å². The zero-order valence-electron chi connectivity index (χ0n) is 8.06. The van der Waals surface area contributed by atoms with Crippen molar-refractivity contribution < 1.29 is 0 Å². The predicted octanol–water partition coefficient (Wildman–Crippen LogP) is -0.529. The first kappa shape index (κ1) is 9.92. The van der Waals surface area contributed by atoms with Gasteiger partial charge in [0.25, 0.3) is 0 Å². The highest BCUT2D eigenvalue weighted by Gasteiger charge is 2.15. The van der Waals surface area contributed by atoms with Gasteiger partial charge in [0, 0.05) is 19.6 Å². The smallest absolute Gasteiger partial charge is 0.123 e. The van der Waals surface area contributed by atoms with E-state index in [1.54, 1.807) is 6.08 Å². The molecule has 4 nitrogen and oxygen atoms in total. The quantitative estimate of drug-likeness (QED) is 0.472. The van der Waals surface area contributed by atoms with E-state index in [1.807, 2.05) is 0 Å². The molecule has 0 aliphatic carbocycles. The lowest BCUT2D eigenvalue weighted by molar-refractivity contribution is 0.491. The number of nitrogens with two attached hydrogens (primary N) is 1. The molecule has 5 N–H and O–H groups in total. The van der Waals surface area contributed by atoms with Crippen molar-refractivity contribution in [1.82, 2.24) is 16.0 Å². The summed E-state index contributed by atoms with van der Waals surface area (Å²) in [6, 6.07) is 0.301. The normalized spacial score (nSPS) is 21.8. The molecule has 0 aromatic rings. The Labute approximate surface area is 79.3 Å². The lowest BCUT2D eigenvalue weighted by Crippen LogP contribution is -2.50. The molecule has 1 heterocycles. The maximum atomic E-state index is 5.56. The highest BCUT2D eigenvalue weighted by molar-refractivity contribution is 5.23. The van der Waals surface area contributed by atoms with Gasteiger partial charge in [0.2, 0.25) is 0 Å². The van der Waals surface area contributed by atoms with Crippen LogP contribution >= 0.6 is 0 Å². The van der Waals surface area contributed by atoms with Crippen molar-refractivity contribution in [3.05, 3.63) is 24.2 Å². The molecule has 1 rings (SSSR count). The molecule has 74 valence electrons. The van der Waals surface area contributed by atoms with Crippen molar-refractivity contribution >= 4 is 0 Å². The van der Waals surface area contributed by atoms with Gasteiger partial charge in [-0.1, -0.05) is 6.58 Å². The Morgan fingerprint density at radius 2 is 2.54 bits per heavy atom. The van der Waals surface area contributed by atoms with Gasteiger partial charge < -0.3 is 21.7 Å². The highest BCUT2D eigenvalue weighted by atomic mass is 15.2. The summed E-state index contributed by atoms with van der Waals surface area (Å²) in [5.41, 5.74) is 6.56. The lowest BCUT2D eigenvalue weighted by atomic mass is 10.2. The second kappa shape index (κ2) is 4.77. The number of nitrogens with one attached hydrogen (secondary N) is 3. The van der Waals surface area contributed by atoms with Crippen LogP contribution in [0, 0.1) is 0 Å². The van der Waals surface area contributed by atoms with Crippen LogP contribution in [0.4, 0.5) is 0 Å². The molecular formula is C9H18N4. The first-order valence-corrected chi connectivity index (χ1v) is 4.62. The summed E-state index contributed by atoms with van der Waals surface area (Å²) in [4.78, 5) is 0. The molecule has 0 saturated carbocycles. The molecule has 0 aromatic carbocycles. The van der Waals surface area contributed by atoms with Crippen LogP contribution in [-0.2, 0) is 0 Å². The Kier molecular flexibility index (Phi) is 3.64. The second-order valence-electron chi connectivity index (χ2n) is 2.98. The third-order valence-electron chi connectivity index (χ3n) is 2.00. The Morgan fingerprint density at radius 1 is 1.77 bits per heavy atom. The van der Waals surface area contributed by atoms with Gasteiger partial charge in [-0.15, -0.1) is 0 Å². The summed E-state index contributed by atoms with van der Waals surface area (Å²) >= 11 is 0. The van der Waals surface area contributed by atoms with Crippen molar-refractivity contribution in [2.45, 2.75) is 13.0 Å². The summed E-state index contributed by atoms with van der Waals surface area (Å²) in [5, 5.41) is 9.80. The Balaban J connectivity index is 2.66. The summed E-state index contributed by atoms with van der Waals surface area (Å²) in [6.45, 7) is 8.19. The van der Waals surface area contributed by atoms with Crippen molar-refractivity contribution in [2.24, 2.45) is 5.73 Å². The molecule has 1 unspecified atom stereocenters. The molecule has 0 aromatic heterocycles. The van der Waals surface area contributed by atoms with Gasteiger partial charge in [-0.25, -0.2) is 0 Å². The Bertz CT molecular complexity index is 210. The first-order chi connectivity index (χ1) is 6.31. The third kappa shape index (κ3) is 2.39. The van der Waals surface area contributed by atoms with E-state index in [9.17, 15) is 0 Å². The van der Waals surface area contributed by atoms with Gasteiger partial charge in [-0.2, -0.15) is 0 Å². The summed E-state index contributed by atoms with van der Waals surface area (Å²) < 4.78 is 0. The average Bonchev–Trinajstić information content (AvgIpc) is 2.19. The zero-order chi connectivity index (χ0) is 9.68. The van der Waals surface area contributed by atoms with Crippen LogP contribution in [0.5, 0.6) is 0 Å². The minimum atomic E-state index is 0.301. The zero-order valence-corrected chi connectivity index (χ0v) is 8.06. The molecule has 0 fully saturated rings. The number of allylic oxidation sites excluding steroid dienone is 1. The fourth-order valence-electron chi connectivity index (χ4n) is 1.30. The predicted molar refractivity (Wildman–Crippen MR) is 54.9 cm³/mol. The molecule has 0 saturated heterocycles. The monoisotopic (exact) mass is 182 g/mol. The molecule has 13 heavy (non-hydrogen) atoms. The SMILES string of the molecule is C=CC1=C(NCC)NCC(CN)N1. The topological polar surface area (TPSA) is 62.1 Å². The minimum Gasteiger partial charge on any atom is -0.376 e. The van der Waals surface area contributed by atoms with Crippen LogP contribution in [0.1, 0.15) is 6.92 Å². The van der Waals surface area contributed by atoms with Gasteiger partial charge >= 0.3 is 0 Å². The van der Waals surface area contributed by atoms with E-state index < -0.39 is 0 Å². The summed E-state index contributed by atoms with van der Waals surface area (Å²) in [5.74, 6) is 1.02. The lowest BCUT2D eigenvalue weighted by Gasteiger charge is -2.29. The van der Waals surface area contributed by atoms with Crippen molar-refractivity contribution in [3.8, 4) is 0 Å². The van der Waals surface area contributed by atoms with Crippen molar-refractivity contribution in [3.63, 3.8) is 0 Å². The Hall–Kier alpha value is -1.16. The molecule has 0 bridgehead atoms. The molecule has 1 aliphatic rings. The number of hydrogen-bond donors (Lipinski definition) is 4. The van der Waals surface area contributed by atoms with E-state index in [1.165, 1.54) is 0 Å². The van der Waals surface area contributed by atoms with Crippen molar-refractivity contribution in [2.75, 3.05) is 19.6 Å². The Morgan fingerprint density at radius 3 is 3.08 bits per heavy atom. The van der Waals surface area contributed by atoms with Gasteiger partial charge in [0.15, 0.2) is 0 Å². The van der Waals surface area contributed by atoms with E-state index >= 15 is 0 Å². The molecule has 1 atom stereocenters. The maximum Gasteiger partial charge on any atom is 0.123 e. The minimum absolute atomic E-state index is 0.301. The van der Waals surface area contributed by atoms with Crippen LogP contribution in [0.3, 0.4) is 0 Å². The maximum absolute atomic E-state index is 5.56. The van der Waals surface area contributed by atoms with Crippen LogP contribution < -0.4 is 21.7 Å². The van der Waals surface area contributed by atoms with Crippen LogP contribution in [-0.4, -0.2) is 25.7 Å². The van der Waals surface area contributed by atoms with E-state index in [0.717, 1.165) is 24.6 Å². The van der Waals surface area contributed by atoms with Crippen molar-refractivity contribution in [1.29, 1.82) is 0 Å². The van der Waals surface area contributed by atoms with Crippen LogP contribution in [0.25, 0.3) is 0 Å². The summed E-state index contributed by atoms with van der Waals surface area (Å²) in [6.07, 6.45) is 1.80. The standard InChI is InChI=1S/C9H18N4/c1-3-8-9(11-4-2)12-6-7(5-10)13-8/h3,7,11-13H,1,4-6,10H2,2H3. The molecular weight excluding hydrogens is 164 g/mol. The highest BCUT2D eigenvalue weighted by Crippen LogP contribution is 2.03. The first-order valence-electron chi connectivity index (χ1n) is 4.62. The van der Waals surface area contributed by atoms with E-state index in [2.05, 4.69) is 29.5 Å². The molecule has 0 radical (unpaired) electrons. The van der Waals surface area contributed by atoms with Gasteiger partial charge in [-0.3, -0.25) is 0 Å². The fourth-order valence-corrected chi connectivity index (χ4v) is 1.30. The largest absolute Gasteiger partial charge is 0.376 e. The van der Waals surface area contributed by atoms with Gasteiger partial charge in [-0.05, 0) is 13.0 Å². The average molecular weight is 182 g/mol.